The van der Waals surface area contributed by atoms with Gasteiger partial charge >= 0.3 is 0 Å². The third-order valence-corrected chi connectivity index (χ3v) is 1.65. The molecule has 0 saturated heterocycles. The average Bonchev–Trinajstić information content (AvgIpc) is 2.33. The van der Waals surface area contributed by atoms with Gasteiger partial charge < -0.3 is 5.73 Å². The number of aromatic nitrogens is 1. The molecule has 10 heavy (non-hydrogen) atoms. The number of hydrogen-bond acceptors (Lipinski definition) is 2. The molecule has 0 radical (unpaired) electrons. The summed E-state index contributed by atoms with van der Waals surface area (Å²) in [7, 11) is 0. The Balaban J connectivity index is 2.60. The van der Waals surface area contributed by atoms with Crippen LogP contribution in [0.15, 0.2) is 18.2 Å². The molecule has 1 aliphatic rings. The summed E-state index contributed by atoms with van der Waals surface area (Å²) in [6.45, 7) is 0. The van der Waals surface area contributed by atoms with Crippen LogP contribution in [0.25, 0.3) is 6.08 Å². The van der Waals surface area contributed by atoms with E-state index in [4.69, 9.17) is 5.73 Å². The molecule has 1 aromatic heterocycles. The predicted octanol–water partition coefficient (Wildman–Crippen LogP) is 1.23. The number of nitrogens with zero attached hydrogens (tertiary/aromatic N) is 1. The Morgan fingerprint density at radius 1 is 1.40 bits per heavy atom. The Kier molecular flexibility index (Phi) is 1.01. The number of hydrogen-bond donors (Lipinski definition) is 1. The fourth-order valence-electron chi connectivity index (χ4n) is 1.13. The van der Waals surface area contributed by atoms with Crippen LogP contribution in [0.5, 0.6) is 0 Å². The van der Waals surface area contributed by atoms with E-state index in [0.29, 0.717) is 5.82 Å². The minimum absolute atomic E-state index is 0.602. The van der Waals surface area contributed by atoms with E-state index in [2.05, 4.69) is 11.1 Å². The van der Waals surface area contributed by atoms with Crippen LogP contribution >= 0.6 is 0 Å². The van der Waals surface area contributed by atoms with E-state index >= 15 is 0 Å². The summed E-state index contributed by atoms with van der Waals surface area (Å²) in [5.74, 6) is 0.602. The maximum absolute atomic E-state index is 5.49. The fourth-order valence-corrected chi connectivity index (χ4v) is 1.13. The van der Waals surface area contributed by atoms with Crippen molar-refractivity contribution < 1.29 is 0 Å². The lowest BCUT2D eigenvalue weighted by molar-refractivity contribution is 1.22. The summed E-state index contributed by atoms with van der Waals surface area (Å²) in [6, 6.07) is 3.86. The van der Waals surface area contributed by atoms with Crippen molar-refractivity contribution in [2.45, 2.75) is 6.42 Å². The number of nitrogen functional groups attached to an aromatic ring is 1. The zero-order valence-electron chi connectivity index (χ0n) is 5.54. The van der Waals surface area contributed by atoms with Crippen LogP contribution in [0.2, 0.25) is 0 Å². The van der Waals surface area contributed by atoms with Gasteiger partial charge in [-0.25, -0.2) is 4.98 Å². The highest BCUT2D eigenvalue weighted by Gasteiger charge is 2.04. The van der Waals surface area contributed by atoms with Gasteiger partial charge in [-0.2, -0.15) is 0 Å². The molecule has 2 nitrogen and oxygen atoms in total. The van der Waals surface area contributed by atoms with Crippen molar-refractivity contribution in [2.75, 3.05) is 5.73 Å². The van der Waals surface area contributed by atoms with Crippen molar-refractivity contribution in [1.29, 1.82) is 0 Å². The van der Waals surface area contributed by atoms with E-state index in [1.807, 2.05) is 18.2 Å². The Labute approximate surface area is 59.4 Å². The van der Waals surface area contributed by atoms with Crippen LogP contribution in [-0.2, 0) is 6.42 Å². The smallest absolute Gasteiger partial charge is 0.124 e. The standard InChI is InChI=1S/C8H8N2/c9-8-5-4-6-2-1-3-7(6)10-8/h1,3-5H,2H2,(H2,9,10). The van der Waals surface area contributed by atoms with Crippen molar-refractivity contribution in [1.82, 2.24) is 4.98 Å². The summed E-state index contributed by atoms with van der Waals surface area (Å²) in [4.78, 5) is 4.14. The minimum Gasteiger partial charge on any atom is -0.384 e. The number of fused-ring (bicyclic) bond motifs is 1. The normalized spacial score (nSPS) is 13.6. The summed E-state index contributed by atoms with van der Waals surface area (Å²) in [6.07, 6.45) is 5.10. The van der Waals surface area contributed by atoms with Crippen molar-refractivity contribution in [2.24, 2.45) is 0 Å². The highest BCUT2D eigenvalue weighted by atomic mass is 14.8. The van der Waals surface area contributed by atoms with Gasteiger partial charge in [0.1, 0.15) is 5.82 Å². The molecule has 0 aromatic carbocycles. The number of nitrogens with two attached hydrogens (primary N) is 1. The van der Waals surface area contributed by atoms with Gasteiger partial charge in [0.2, 0.25) is 0 Å². The molecule has 2 rings (SSSR count). The first-order valence-electron chi connectivity index (χ1n) is 3.28. The van der Waals surface area contributed by atoms with Gasteiger partial charge in [-0.15, -0.1) is 0 Å². The Morgan fingerprint density at radius 3 is 3.20 bits per heavy atom. The molecule has 2 N–H and O–H groups in total. The van der Waals surface area contributed by atoms with Crippen LogP contribution in [0.1, 0.15) is 11.3 Å². The number of rotatable bonds is 0. The van der Waals surface area contributed by atoms with Gasteiger partial charge in [0, 0.05) is 0 Å². The van der Waals surface area contributed by atoms with Gasteiger partial charge in [0.05, 0.1) is 5.69 Å². The van der Waals surface area contributed by atoms with Crippen molar-refractivity contribution >= 4 is 11.9 Å². The molecule has 0 aliphatic heterocycles. The lowest BCUT2D eigenvalue weighted by Crippen LogP contribution is -1.92. The van der Waals surface area contributed by atoms with Gasteiger partial charge in [-0.3, -0.25) is 0 Å². The van der Waals surface area contributed by atoms with Crippen molar-refractivity contribution in [3.05, 3.63) is 29.5 Å². The predicted molar refractivity (Wildman–Crippen MR) is 41.4 cm³/mol. The summed E-state index contributed by atoms with van der Waals surface area (Å²) < 4.78 is 0. The van der Waals surface area contributed by atoms with Gasteiger partial charge in [-0.05, 0) is 24.1 Å². The van der Waals surface area contributed by atoms with Gasteiger partial charge in [0.25, 0.3) is 0 Å². The lowest BCUT2D eigenvalue weighted by Gasteiger charge is -1.96. The molecule has 0 atom stereocenters. The van der Waals surface area contributed by atoms with Crippen LogP contribution in [0.3, 0.4) is 0 Å². The molecule has 2 heteroatoms. The second-order valence-corrected chi connectivity index (χ2v) is 2.39. The molecule has 1 aliphatic carbocycles. The molecule has 0 unspecified atom stereocenters. The third-order valence-electron chi connectivity index (χ3n) is 1.65. The number of anilines is 1. The maximum Gasteiger partial charge on any atom is 0.124 e. The van der Waals surface area contributed by atoms with E-state index in [1.165, 1.54) is 5.56 Å². The highest BCUT2D eigenvalue weighted by Crippen LogP contribution is 2.17. The number of allylic oxidation sites excluding steroid dienone is 1. The van der Waals surface area contributed by atoms with Gasteiger partial charge in [0.15, 0.2) is 0 Å². The molecule has 0 spiro atoms. The Hall–Kier alpha value is -1.31. The zero-order chi connectivity index (χ0) is 6.97. The van der Waals surface area contributed by atoms with E-state index in [9.17, 15) is 0 Å². The summed E-state index contributed by atoms with van der Waals surface area (Å²) in [5.41, 5.74) is 7.79. The third kappa shape index (κ3) is 0.692. The van der Waals surface area contributed by atoms with E-state index in [0.717, 1.165) is 12.1 Å². The first-order chi connectivity index (χ1) is 4.86. The lowest BCUT2D eigenvalue weighted by atomic mass is 10.2. The van der Waals surface area contributed by atoms with Crippen LogP contribution in [0, 0.1) is 0 Å². The van der Waals surface area contributed by atoms with Crippen molar-refractivity contribution in [3.63, 3.8) is 0 Å². The molecule has 0 amide bonds. The van der Waals surface area contributed by atoms with E-state index in [-0.39, 0.29) is 0 Å². The van der Waals surface area contributed by atoms with Crippen LogP contribution in [-0.4, -0.2) is 4.98 Å². The van der Waals surface area contributed by atoms with Crippen LogP contribution in [0.4, 0.5) is 5.82 Å². The topological polar surface area (TPSA) is 38.9 Å². The van der Waals surface area contributed by atoms with E-state index < -0.39 is 0 Å². The van der Waals surface area contributed by atoms with Crippen molar-refractivity contribution in [3.8, 4) is 0 Å². The highest BCUT2D eigenvalue weighted by molar-refractivity contribution is 5.57. The summed E-state index contributed by atoms with van der Waals surface area (Å²) in [5, 5.41) is 0. The second kappa shape index (κ2) is 1.84. The first kappa shape index (κ1) is 5.47. The zero-order valence-corrected chi connectivity index (χ0v) is 5.54. The molecule has 1 heterocycles. The fraction of sp³-hybridized carbons (Fsp3) is 0.125. The van der Waals surface area contributed by atoms with E-state index in [1.54, 1.807) is 0 Å². The first-order valence-corrected chi connectivity index (χ1v) is 3.28. The molecule has 1 aromatic rings. The monoisotopic (exact) mass is 132 g/mol. The average molecular weight is 132 g/mol. The molecule has 0 bridgehead atoms. The largest absolute Gasteiger partial charge is 0.384 e. The second-order valence-electron chi connectivity index (χ2n) is 2.39. The number of pyridine rings is 1. The summed E-state index contributed by atoms with van der Waals surface area (Å²) >= 11 is 0. The quantitative estimate of drug-likeness (QED) is 0.576. The molecule has 0 fully saturated rings. The minimum atomic E-state index is 0.602. The molecular weight excluding hydrogens is 124 g/mol. The Bertz CT molecular complexity index is 289. The van der Waals surface area contributed by atoms with Gasteiger partial charge in [-0.1, -0.05) is 12.1 Å². The molecule has 0 saturated carbocycles. The maximum atomic E-state index is 5.49. The SMILES string of the molecule is Nc1ccc2c(n1)C=CC2. The molecular formula is C8H8N2. The Morgan fingerprint density at radius 2 is 2.30 bits per heavy atom. The molecule has 50 valence electrons. The van der Waals surface area contributed by atoms with Crippen LogP contribution < -0.4 is 5.73 Å².